The molecule has 0 rings (SSSR count). The number of hydrogen-bond donors (Lipinski definition) is 1. The first-order chi connectivity index (χ1) is 7.28. The SMILES string of the molecule is CCCS(=O)(=O)CCN(CC(=O)O)C(C)C. The molecule has 0 heterocycles. The zero-order valence-corrected chi connectivity index (χ0v) is 11.0. The van der Waals surface area contributed by atoms with E-state index in [9.17, 15) is 13.2 Å². The average Bonchev–Trinajstić information content (AvgIpc) is 2.11. The Morgan fingerprint density at radius 1 is 1.31 bits per heavy atom. The van der Waals surface area contributed by atoms with Crippen molar-refractivity contribution >= 4 is 15.8 Å². The summed E-state index contributed by atoms with van der Waals surface area (Å²) in [6.45, 7) is 5.70. The van der Waals surface area contributed by atoms with Crippen LogP contribution < -0.4 is 0 Å². The largest absolute Gasteiger partial charge is 0.480 e. The van der Waals surface area contributed by atoms with Crippen molar-refractivity contribution in [2.24, 2.45) is 0 Å². The normalized spacial score (nSPS) is 12.3. The molecule has 0 aromatic rings. The van der Waals surface area contributed by atoms with Gasteiger partial charge < -0.3 is 5.11 Å². The van der Waals surface area contributed by atoms with E-state index in [1.165, 1.54) is 0 Å². The molecular weight excluding hydrogens is 230 g/mol. The lowest BCUT2D eigenvalue weighted by Gasteiger charge is -2.24. The van der Waals surface area contributed by atoms with E-state index in [4.69, 9.17) is 5.11 Å². The summed E-state index contributed by atoms with van der Waals surface area (Å²) >= 11 is 0. The van der Waals surface area contributed by atoms with Crippen molar-refractivity contribution < 1.29 is 18.3 Å². The Kier molecular flexibility index (Phi) is 6.59. The molecule has 0 unspecified atom stereocenters. The van der Waals surface area contributed by atoms with Crippen LogP contribution in [0.3, 0.4) is 0 Å². The van der Waals surface area contributed by atoms with Gasteiger partial charge in [0.1, 0.15) is 0 Å². The number of nitrogens with zero attached hydrogens (tertiary/aromatic N) is 1. The van der Waals surface area contributed by atoms with Crippen LogP contribution in [0.2, 0.25) is 0 Å². The van der Waals surface area contributed by atoms with E-state index in [1.807, 2.05) is 20.8 Å². The smallest absolute Gasteiger partial charge is 0.317 e. The van der Waals surface area contributed by atoms with Gasteiger partial charge in [-0.2, -0.15) is 0 Å². The van der Waals surface area contributed by atoms with Gasteiger partial charge in [-0.05, 0) is 20.3 Å². The lowest BCUT2D eigenvalue weighted by atomic mass is 10.3. The quantitative estimate of drug-likeness (QED) is 0.684. The molecule has 0 spiro atoms. The number of aliphatic carboxylic acids is 1. The fourth-order valence-corrected chi connectivity index (χ4v) is 2.70. The highest BCUT2D eigenvalue weighted by molar-refractivity contribution is 7.91. The summed E-state index contributed by atoms with van der Waals surface area (Å²) in [6, 6.07) is 0.0351. The highest BCUT2D eigenvalue weighted by atomic mass is 32.2. The minimum Gasteiger partial charge on any atom is -0.480 e. The minimum atomic E-state index is -3.03. The molecule has 16 heavy (non-hydrogen) atoms. The summed E-state index contributed by atoms with van der Waals surface area (Å²) in [7, 11) is -3.03. The molecule has 0 saturated carbocycles. The fraction of sp³-hybridized carbons (Fsp3) is 0.900. The maximum atomic E-state index is 11.5. The van der Waals surface area contributed by atoms with Crippen molar-refractivity contribution in [3.63, 3.8) is 0 Å². The predicted molar refractivity (Wildman–Crippen MR) is 63.3 cm³/mol. The second-order valence-electron chi connectivity index (χ2n) is 4.11. The Morgan fingerprint density at radius 3 is 2.25 bits per heavy atom. The maximum absolute atomic E-state index is 11.5. The number of carbonyl (C=O) groups is 1. The zero-order valence-electron chi connectivity index (χ0n) is 10.1. The predicted octanol–water partition coefficient (Wildman–Crippen LogP) is 0.606. The van der Waals surface area contributed by atoms with Crippen molar-refractivity contribution in [3.8, 4) is 0 Å². The lowest BCUT2D eigenvalue weighted by molar-refractivity contribution is -0.138. The molecule has 0 aromatic carbocycles. The Bertz CT molecular complexity index is 311. The van der Waals surface area contributed by atoms with Crippen LogP contribution in [-0.4, -0.2) is 55.0 Å². The van der Waals surface area contributed by atoms with Gasteiger partial charge in [0.05, 0.1) is 12.3 Å². The van der Waals surface area contributed by atoms with Crippen LogP contribution in [0.1, 0.15) is 27.2 Å². The van der Waals surface area contributed by atoms with Crippen LogP contribution in [0.15, 0.2) is 0 Å². The van der Waals surface area contributed by atoms with Gasteiger partial charge in [0.15, 0.2) is 9.84 Å². The van der Waals surface area contributed by atoms with Crippen LogP contribution in [-0.2, 0) is 14.6 Å². The van der Waals surface area contributed by atoms with Crippen molar-refractivity contribution in [1.29, 1.82) is 0 Å². The maximum Gasteiger partial charge on any atom is 0.317 e. The molecule has 0 amide bonds. The van der Waals surface area contributed by atoms with Gasteiger partial charge >= 0.3 is 5.97 Å². The molecule has 0 atom stereocenters. The summed E-state index contributed by atoms with van der Waals surface area (Å²) in [6.07, 6.45) is 0.600. The molecule has 96 valence electrons. The first-order valence-electron chi connectivity index (χ1n) is 5.44. The number of hydrogen-bond acceptors (Lipinski definition) is 4. The molecule has 0 aliphatic rings. The minimum absolute atomic E-state index is 0.0340. The summed E-state index contributed by atoms with van der Waals surface area (Å²) < 4.78 is 22.9. The van der Waals surface area contributed by atoms with Crippen molar-refractivity contribution in [3.05, 3.63) is 0 Å². The van der Waals surface area contributed by atoms with Crippen molar-refractivity contribution in [1.82, 2.24) is 4.90 Å². The number of carboxylic acid groups (broad SMARTS) is 1. The Morgan fingerprint density at radius 2 is 1.88 bits per heavy atom. The summed E-state index contributed by atoms with van der Waals surface area (Å²) in [5, 5.41) is 8.67. The second kappa shape index (κ2) is 6.85. The van der Waals surface area contributed by atoms with E-state index < -0.39 is 15.8 Å². The Balaban J connectivity index is 4.27. The number of rotatable bonds is 8. The zero-order chi connectivity index (χ0) is 12.8. The third-order valence-corrected chi connectivity index (χ3v) is 4.11. The number of carboxylic acids is 1. The molecule has 0 fully saturated rings. The van der Waals surface area contributed by atoms with Gasteiger partial charge in [-0.3, -0.25) is 9.69 Å². The summed E-state index contributed by atoms with van der Waals surface area (Å²) in [5.74, 6) is -0.722. The van der Waals surface area contributed by atoms with Gasteiger partial charge in [0.2, 0.25) is 0 Å². The van der Waals surface area contributed by atoms with Gasteiger partial charge in [0, 0.05) is 18.3 Å². The third kappa shape index (κ3) is 6.79. The van der Waals surface area contributed by atoms with Crippen molar-refractivity contribution in [2.45, 2.75) is 33.2 Å². The van der Waals surface area contributed by atoms with Crippen molar-refractivity contribution in [2.75, 3.05) is 24.6 Å². The van der Waals surface area contributed by atoms with Gasteiger partial charge in [-0.15, -0.1) is 0 Å². The first kappa shape index (κ1) is 15.4. The standard InChI is InChI=1S/C10H21NO4S/c1-4-6-16(14,15)7-5-11(9(2)3)8-10(12)13/h9H,4-8H2,1-3H3,(H,12,13). The molecule has 0 aliphatic heterocycles. The van der Waals surface area contributed by atoms with E-state index in [0.717, 1.165) is 0 Å². The van der Waals surface area contributed by atoms with E-state index in [-0.39, 0.29) is 30.6 Å². The molecule has 0 saturated heterocycles. The molecule has 0 aliphatic carbocycles. The summed E-state index contributed by atoms with van der Waals surface area (Å²) in [4.78, 5) is 12.2. The molecule has 5 nitrogen and oxygen atoms in total. The van der Waals surface area contributed by atoms with Crippen LogP contribution in [0.4, 0.5) is 0 Å². The fourth-order valence-electron chi connectivity index (χ4n) is 1.36. The van der Waals surface area contributed by atoms with Crippen LogP contribution in [0, 0.1) is 0 Å². The molecule has 0 radical (unpaired) electrons. The average molecular weight is 251 g/mol. The van der Waals surface area contributed by atoms with Crippen LogP contribution in [0.5, 0.6) is 0 Å². The molecule has 0 aromatic heterocycles. The Hall–Kier alpha value is -0.620. The Labute approximate surface area is 97.4 Å². The molecule has 0 bridgehead atoms. The highest BCUT2D eigenvalue weighted by Crippen LogP contribution is 2.01. The van der Waals surface area contributed by atoms with Gasteiger partial charge in [-0.25, -0.2) is 8.42 Å². The topological polar surface area (TPSA) is 74.7 Å². The van der Waals surface area contributed by atoms with E-state index in [0.29, 0.717) is 6.42 Å². The second-order valence-corrected chi connectivity index (χ2v) is 6.41. The highest BCUT2D eigenvalue weighted by Gasteiger charge is 2.17. The van der Waals surface area contributed by atoms with E-state index in [2.05, 4.69) is 0 Å². The first-order valence-corrected chi connectivity index (χ1v) is 7.27. The summed E-state index contributed by atoms with van der Waals surface area (Å²) in [5.41, 5.74) is 0. The van der Waals surface area contributed by atoms with E-state index in [1.54, 1.807) is 4.90 Å². The van der Waals surface area contributed by atoms with Gasteiger partial charge in [-0.1, -0.05) is 6.92 Å². The van der Waals surface area contributed by atoms with E-state index >= 15 is 0 Å². The number of sulfone groups is 1. The molecular formula is C10H21NO4S. The monoisotopic (exact) mass is 251 g/mol. The van der Waals surface area contributed by atoms with Crippen LogP contribution >= 0.6 is 0 Å². The lowest BCUT2D eigenvalue weighted by Crippen LogP contribution is -2.39. The molecule has 1 N–H and O–H groups in total. The van der Waals surface area contributed by atoms with Crippen LogP contribution in [0.25, 0.3) is 0 Å². The molecule has 6 heteroatoms. The third-order valence-electron chi connectivity index (χ3n) is 2.27. The van der Waals surface area contributed by atoms with Gasteiger partial charge in [0.25, 0.3) is 0 Å².